The standard InChI is InChI=1S/C32H35N7O3S/c1-38-15-3-4-26(38)29-33-16-24(35-29)21-9-5-19(6-10-21)20-7-11-22(12-8-20)25-17-34-30(36-25)27-18-43-28-14-13-23(31(40)39(27)28)37-32(41)42-2/h5-12,16-17,23,26-28H,3-4,13-15,18H2,1-2H3,(H,33,35)(H,34,36)(H,37,41)/t23-,26-,27-,28?/m0/s1. The molecular weight excluding hydrogens is 562 g/mol. The number of hydrogen-bond donors (Lipinski definition) is 3. The Morgan fingerprint density at radius 1 is 0.884 bits per heavy atom. The summed E-state index contributed by atoms with van der Waals surface area (Å²) in [5, 5.41) is 2.77. The van der Waals surface area contributed by atoms with Crippen LogP contribution in [0, 0.1) is 0 Å². The van der Waals surface area contributed by atoms with E-state index < -0.39 is 12.1 Å². The maximum Gasteiger partial charge on any atom is 0.407 e. The quantitative estimate of drug-likeness (QED) is 0.274. The molecule has 4 aromatic rings. The SMILES string of the molecule is COC(=O)N[C@H]1CCC2SC[C@@H](c3ncc(-c4ccc(-c5ccc(-c6cnc([C@@H]7CCCN7C)[nH]6)cc5)cc4)[nH]3)N2C1=O. The number of hydrogen-bond acceptors (Lipinski definition) is 7. The van der Waals surface area contributed by atoms with Gasteiger partial charge in [0.2, 0.25) is 5.91 Å². The number of ether oxygens (including phenoxy) is 1. The number of likely N-dealkylation sites (tertiary alicyclic amines) is 1. The molecule has 3 aliphatic rings. The first-order chi connectivity index (χ1) is 21.0. The molecule has 4 atom stereocenters. The number of carbonyl (C=O) groups excluding carboxylic acids is 2. The smallest absolute Gasteiger partial charge is 0.407 e. The van der Waals surface area contributed by atoms with E-state index in [1.165, 1.54) is 13.5 Å². The van der Waals surface area contributed by atoms with Crippen LogP contribution in [0.5, 0.6) is 0 Å². The van der Waals surface area contributed by atoms with E-state index in [1.807, 2.05) is 17.3 Å². The van der Waals surface area contributed by atoms with Crippen LogP contribution in [0.1, 0.15) is 49.4 Å². The van der Waals surface area contributed by atoms with E-state index in [4.69, 9.17) is 4.74 Å². The van der Waals surface area contributed by atoms with Gasteiger partial charge in [-0.05, 0) is 61.5 Å². The molecule has 3 fully saturated rings. The summed E-state index contributed by atoms with van der Waals surface area (Å²) in [5.74, 6) is 2.49. The molecular formula is C32H35N7O3S. The summed E-state index contributed by atoms with van der Waals surface area (Å²) in [6.07, 6.45) is 6.97. The first kappa shape index (κ1) is 27.7. The number of nitrogens with zero attached hydrogens (tertiary/aromatic N) is 4. The molecule has 43 heavy (non-hydrogen) atoms. The molecule has 0 bridgehead atoms. The largest absolute Gasteiger partial charge is 0.453 e. The van der Waals surface area contributed by atoms with E-state index in [2.05, 4.69) is 85.7 Å². The topological polar surface area (TPSA) is 119 Å². The molecule has 2 aromatic heterocycles. The van der Waals surface area contributed by atoms with Gasteiger partial charge in [-0.2, -0.15) is 0 Å². The highest BCUT2D eigenvalue weighted by Gasteiger charge is 2.46. The molecule has 2 amide bonds. The summed E-state index contributed by atoms with van der Waals surface area (Å²) in [5.41, 5.74) is 6.37. The Kier molecular flexibility index (Phi) is 7.44. The van der Waals surface area contributed by atoms with Gasteiger partial charge in [0, 0.05) is 5.75 Å². The third kappa shape index (κ3) is 5.31. The minimum Gasteiger partial charge on any atom is -0.453 e. The van der Waals surface area contributed by atoms with E-state index in [1.54, 1.807) is 11.8 Å². The Balaban J connectivity index is 1.03. The first-order valence-corrected chi connectivity index (χ1v) is 15.8. The van der Waals surface area contributed by atoms with Crippen LogP contribution in [0.4, 0.5) is 4.79 Å². The van der Waals surface area contributed by atoms with Crippen molar-refractivity contribution in [3.05, 3.63) is 72.6 Å². The number of amides is 2. The predicted octanol–water partition coefficient (Wildman–Crippen LogP) is 5.36. The first-order valence-electron chi connectivity index (χ1n) is 14.8. The zero-order chi connectivity index (χ0) is 29.5. The van der Waals surface area contributed by atoms with Crippen molar-refractivity contribution in [1.29, 1.82) is 0 Å². The highest BCUT2D eigenvalue weighted by molar-refractivity contribution is 8.00. The highest BCUT2D eigenvalue weighted by Crippen LogP contribution is 2.43. The molecule has 0 saturated carbocycles. The number of alkyl carbamates (subject to hydrolysis) is 1. The van der Waals surface area contributed by atoms with Gasteiger partial charge in [0.15, 0.2) is 0 Å². The Morgan fingerprint density at radius 2 is 1.47 bits per heavy atom. The number of imidazole rings is 2. The van der Waals surface area contributed by atoms with Crippen molar-refractivity contribution >= 4 is 23.8 Å². The lowest BCUT2D eigenvalue weighted by molar-refractivity contribution is -0.138. The molecule has 3 aliphatic heterocycles. The molecule has 3 N–H and O–H groups in total. The number of aromatic amines is 2. The number of rotatable bonds is 6. The number of aromatic nitrogens is 4. The number of H-pyrrole nitrogens is 2. The Morgan fingerprint density at radius 3 is 2.02 bits per heavy atom. The van der Waals surface area contributed by atoms with Crippen molar-refractivity contribution < 1.29 is 14.3 Å². The fraction of sp³-hybridized carbons (Fsp3) is 0.375. The maximum atomic E-state index is 13.3. The van der Waals surface area contributed by atoms with Crippen molar-refractivity contribution in [1.82, 2.24) is 35.1 Å². The predicted molar refractivity (Wildman–Crippen MR) is 166 cm³/mol. The van der Waals surface area contributed by atoms with Gasteiger partial charge in [-0.15, -0.1) is 11.8 Å². The molecule has 11 heteroatoms. The molecule has 5 heterocycles. The van der Waals surface area contributed by atoms with Crippen LogP contribution in [0.15, 0.2) is 60.9 Å². The number of nitrogens with one attached hydrogen (secondary N) is 3. The lowest BCUT2D eigenvalue weighted by Crippen LogP contribution is -2.54. The van der Waals surface area contributed by atoms with E-state index >= 15 is 0 Å². The molecule has 7 rings (SSSR count). The molecule has 222 valence electrons. The average Bonchev–Trinajstić information content (AvgIpc) is 3.85. The fourth-order valence-electron chi connectivity index (χ4n) is 6.49. The zero-order valence-electron chi connectivity index (χ0n) is 24.2. The highest BCUT2D eigenvalue weighted by atomic mass is 32.2. The maximum absolute atomic E-state index is 13.3. The van der Waals surface area contributed by atoms with E-state index in [0.717, 1.165) is 70.4 Å². The second-order valence-electron chi connectivity index (χ2n) is 11.5. The lowest BCUT2D eigenvalue weighted by Gasteiger charge is -2.36. The van der Waals surface area contributed by atoms with Crippen LogP contribution < -0.4 is 5.32 Å². The van der Waals surface area contributed by atoms with E-state index in [9.17, 15) is 9.59 Å². The number of thioether (sulfide) groups is 1. The molecule has 0 radical (unpaired) electrons. The summed E-state index contributed by atoms with van der Waals surface area (Å²) in [6, 6.07) is 16.6. The second kappa shape index (κ2) is 11.5. The minimum atomic E-state index is -0.584. The summed E-state index contributed by atoms with van der Waals surface area (Å²) >= 11 is 1.76. The zero-order valence-corrected chi connectivity index (χ0v) is 25.1. The number of carbonyl (C=O) groups is 2. The van der Waals surface area contributed by atoms with Crippen LogP contribution in [0.3, 0.4) is 0 Å². The lowest BCUT2D eigenvalue weighted by atomic mass is 10.0. The average molecular weight is 598 g/mol. The van der Waals surface area contributed by atoms with Crippen molar-refractivity contribution in [2.75, 3.05) is 26.5 Å². The van der Waals surface area contributed by atoms with Crippen LogP contribution in [0.25, 0.3) is 33.6 Å². The third-order valence-corrected chi connectivity index (χ3v) is 10.2. The van der Waals surface area contributed by atoms with Gasteiger partial charge in [-0.3, -0.25) is 9.69 Å². The van der Waals surface area contributed by atoms with E-state index in [0.29, 0.717) is 12.5 Å². The summed E-state index contributed by atoms with van der Waals surface area (Å²) < 4.78 is 4.71. The monoisotopic (exact) mass is 597 g/mol. The van der Waals surface area contributed by atoms with Crippen LogP contribution in [0.2, 0.25) is 0 Å². The Labute approximate surface area is 254 Å². The number of piperidine rings is 1. The van der Waals surface area contributed by atoms with Gasteiger partial charge in [0.1, 0.15) is 17.7 Å². The molecule has 1 unspecified atom stereocenters. The summed E-state index contributed by atoms with van der Waals surface area (Å²) in [6.45, 7) is 1.12. The number of methoxy groups -OCH3 is 1. The number of fused-ring (bicyclic) bond motifs is 1. The van der Waals surface area contributed by atoms with Gasteiger partial charge in [0.25, 0.3) is 0 Å². The summed E-state index contributed by atoms with van der Waals surface area (Å²) in [7, 11) is 3.47. The third-order valence-electron chi connectivity index (χ3n) is 8.89. The molecule has 0 spiro atoms. The summed E-state index contributed by atoms with van der Waals surface area (Å²) in [4.78, 5) is 45.6. The van der Waals surface area contributed by atoms with Gasteiger partial charge in [-0.1, -0.05) is 48.5 Å². The van der Waals surface area contributed by atoms with Gasteiger partial charge >= 0.3 is 6.09 Å². The molecule has 0 aliphatic carbocycles. The molecule has 2 aromatic carbocycles. The molecule has 10 nitrogen and oxygen atoms in total. The van der Waals surface area contributed by atoms with Crippen LogP contribution >= 0.6 is 11.8 Å². The number of benzene rings is 2. The van der Waals surface area contributed by atoms with Crippen molar-refractivity contribution in [2.24, 2.45) is 0 Å². The van der Waals surface area contributed by atoms with Crippen molar-refractivity contribution in [2.45, 2.75) is 49.2 Å². The molecule has 3 saturated heterocycles. The van der Waals surface area contributed by atoms with Crippen LogP contribution in [-0.4, -0.2) is 79.6 Å². The second-order valence-corrected chi connectivity index (χ2v) is 12.7. The Hall–Kier alpha value is -4.09. The van der Waals surface area contributed by atoms with Gasteiger partial charge < -0.3 is 24.9 Å². The van der Waals surface area contributed by atoms with Crippen molar-refractivity contribution in [3.63, 3.8) is 0 Å². The normalized spacial score (nSPS) is 23.9. The van der Waals surface area contributed by atoms with Gasteiger partial charge in [0.05, 0.1) is 48.3 Å². The van der Waals surface area contributed by atoms with E-state index in [-0.39, 0.29) is 17.3 Å². The van der Waals surface area contributed by atoms with Crippen LogP contribution in [-0.2, 0) is 9.53 Å². The van der Waals surface area contributed by atoms with Crippen molar-refractivity contribution in [3.8, 4) is 33.6 Å². The van der Waals surface area contributed by atoms with Gasteiger partial charge in [-0.25, -0.2) is 14.8 Å². The minimum absolute atomic E-state index is 0.0839. The Bertz CT molecular complexity index is 1620. The fourth-order valence-corrected chi connectivity index (χ4v) is 7.92.